The van der Waals surface area contributed by atoms with Crippen LogP contribution in [0.2, 0.25) is 0 Å². The molecule has 32 heavy (non-hydrogen) atoms. The molecule has 1 aliphatic rings. The molecule has 0 bridgehead atoms. The van der Waals surface area contributed by atoms with Crippen molar-refractivity contribution in [3.63, 3.8) is 0 Å². The number of ether oxygens (including phenoxy) is 2. The second-order valence-electron chi connectivity index (χ2n) is 7.31. The number of nitrogens with zero attached hydrogens (tertiary/aromatic N) is 2. The lowest BCUT2D eigenvalue weighted by atomic mass is 10.2. The van der Waals surface area contributed by atoms with Crippen LogP contribution in [0, 0.1) is 5.82 Å². The van der Waals surface area contributed by atoms with E-state index >= 15 is 0 Å². The van der Waals surface area contributed by atoms with E-state index < -0.39 is 0 Å². The summed E-state index contributed by atoms with van der Waals surface area (Å²) in [4.78, 5) is 17.1. The minimum absolute atomic E-state index is 0.142. The number of halogens is 1. The van der Waals surface area contributed by atoms with E-state index in [0.29, 0.717) is 36.2 Å². The molecule has 1 aliphatic heterocycles. The Labute approximate surface area is 188 Å². The predicted molar refractivity (Wildman–Crippen MR) is 122 cm³/mol. The van der Waals surface area contributed by atoms with E-state index in [4.69, 9.17) is 9.47 Å². The molecule has 4 aromatic rings. The van der Waals surface area contributed by atoms with Gasteiger partial charge in [-0.25, -0.2) is 9.37 Å². The van der Waals surface area contributed by atoms with E-state index in [1.807, 2.05) is 22.9 Å². The van der Waals surface area contributed by atoms with Crippen LogP contribution in [-0.2, 0) is 17.1 Å². The number of aromatic nitrogens is 2. The molecule has 0 radical (unpaired) electrons. The Balaban J connectivity index is 1.28. The molecule has 5 rings (SSSR count). The lowest BCUT2D eigenvalue weighted by molar-refractivity contribution is -0.116. The summed E-state index contributed by atoms with van der Waals surface area (Å²) >= 11 is 1.58. The molecule has 8 heteroatoms. The van der Waals surface area contributed by atoms with Gasteiger partial charge in [-0.05, 0) is 42.0 Å². The van der Waals surface area contributed by atoms with Crippen LogP contribution in [0.3, 0.4) is 0 Å². The standard InChI is InChI=1S/C24H20FN3O3S/c25-17-3-1-16(2-4-17)15-32-24-19-8-10-28(20(19)7-9-26-24)14-23(29)27-18-5-6-21-22(13-18)31-12-11-30-21/h1-10,13H,11-12,14-15H2,(H,27,29). The van der Waals surface area contributed by atoms with E-state index in [0.717, 1.165) is 21.5 Å². The fourth-order valence-corrected chi connectivity index (χ4v) is 4.52. The van der Waals surface area contributed by atoms with Crippen molar-refractivity contribution in [1.29, 1.82) is 0 Å². The summed E-state index contributed by atoms with van der Waals surface area (Å²) in [5, 5.41) is 4.77. The molecule has 6 nitrogen and oxygen atoms in total. The number of anilines is 1. The number of hydrogen-bond acceptors (Lipinski definition) is 5. The number of carbonyl (C=O) groups excluding carboxylic acids is 1. The fourth-order valence-electron chi connectivity index (χ4n) is 3.56. The van der Waals surface area contributed by atoms with Crippen molar-refractivity contribution in [3.05, 3.63) is 78.4 Å². The van der Waals surface area contributed by atoms with Gasteiger partial charge in [-0.2, -0.15) is 0 Å². The van der Waals surface area contributed by atoms with Gasteiger partial charge in [0, 0.05) is 35.3 Å². The quantitative estimate of drug-likeness (QED) is 0.425. The normalized spacial score (nSPS) is 12.7. The average Bonchev–Trinajstić information content (AvgIpc) is 3.22. The van der Waals surface area contributed by atoms with Gasteiger partial charge in [0.2, 0.25) is 5.91 Å². The molecule has 0 spiro atoms. The lowest BCUT2D eigenvalue weighted by Crippen LogP contribution is -2.19. The first-order valence-electron chi connectivity index (χ1n) is 10.2. The Bertz CT molecular complexity index is 1270. The number of fused-ring (bicyclic) bond motifs is 2. The van der Waals surface area contributed by atoms with Gasteiger partial charge in [0.1, 0.15) is 30.6 Å². The Morgan fingerprint density at radius 2 is 1.88 bits per heavy atom. The number of hydrogen-bond donors (Lipinski definition) is 1. The number of pyridine rings is 1. The Morgan fingerprint density at radius 3 is 2.72 bits per heavy atom. The van der Waals surface area contributed by atoms with Crippen molar-refractivity contribution in [2.45, 2.75) is 17.3 Å². The van der Waals surface area contributed by atoms with Crippen LogP contribution < -0.4 is 14.8 Å². The van der Waals surface area contributed by atoms with Gasteiger partial charge in [0.25, 0.3) is 0 Å². The molecule has 2 aromatic heterocycles. The Kier molecular flexibility index (Phi) is 5.68. The lowest BCUT2D eigenvalue weighted by Gasteiger charge is -2.19. The zero-order valence-corrected chi connectivity index (χ0v) is 17.9. The first-order valence-corrected chi connectivity index (χ1v) is 11.1. The minimum atomic E-state index is -0.245. The molecule has 2 aromatic carbocycles. The van der Waals surface area contributed by atoms with Crippen LogP contribution in [-0.4, -0.2) is 28.7 Å². The summed E-state index contributed by atoms with van der Waals surface area (Å²) in [7, 11) is 0. The summed E-state index contributed by atoms with van der Waals surface area (Å²) in [6.07, 6.45) is 3.63. The van der Waals surface area contributed by atoms with Gasteiger partial charge in [-0.3, -0.25) is 4.79 Å². The van der Waals surface area contributed by atoms with Gasteiger partial charge in [0.05, 0.1) is 5.52 Å². The third-order valence-electron chi connectivity index (χ3n) is 5.09. The van der Waals surface area contributed by atoms with Crippen molar-refractivity contribution < 1.29 is 18.7 Å². The van der Waals surface area contributed by atoms with Crippen LogP contribution in [0.4, 0.5) is 10.1 Å². The molecule has 0 saturated heterocycles. The van der Waals surface area contributed by atoms with Gasteiger partial charge in [-0.1, -0.05) is 12.1 Å². The highest BCUT2D eigenvalue weighted by molar-refractivity contribution is 7.98. The SMILES string of the molecule is O=C(Cn1ccc2c(SCc3ccc(F)cc3)nccc21)Nc1ccc2c(c1)OCCO2. The highest BCUT2D eigenvalue weighted by Gasteiger charge is 2.14. The Hall–Kier alpha value is -3.52. The van der Waals surface area contributed by atoms with E-state index in [1.54, 1.807) is 48.3 Å². The van der Waals surface area contributed by atoms with E-state index in [2.05, 4.69) is 10.3 Å². The summed E-state index contributed by atoms with van der Waals surface area (Å²) in [5.41, 5.74) is 2.61. The third-order valence-corrected chi connectivity index (χ3v) is 6.17. The first-order chi connectivity index (χ1) is 15.7. The molecule has 0 unspecified atom stereocenters. The second kappa shape index (κ2) is 8.92. The largest absolute Gasteiger partial charge is 0.486 e. The minimum Gasteiger partial charge on any atom is -0.486 e. The van der Waals surface area contributed by atoms with Crippen molar-refractivity contribution in [3.8, 4) is 11.5 Å². The highest BCUT2D eigenvalue weighted by atomic mass is 32.2. The molecule has 0 saturated carbocycles. The molecule has 0 atom stereocenters. The molecule has 0 aliphatic carbocycles. The number of amides is 1. The monoisotopic (exact) mass is 449 g/mol. The van der Waals surface area contributed by atoms with E-state index in [1.165, 1.54) is 12.1 Å². The summed E-state index contributed by atoms with van der Waals surface area (Å²) in [5.74, 6) is 1.61. The third kappa shape index (κ3) is 4.40. The zero-order chi connectivity index (χ0) is 21.9. The van der Waals surface area contributed by atoms with Crippen molar-refractivity contribution in [2.24, 2.45) is 0 Å². The molecule has 162 valence electrons. The number of rotatable bonds is 6. The van der Waals surface area contributed by atoms with Gasteiger partial charge < -0.3 is 19.4 Å². The van der Waals surface area contributed by atoms with E-state index in [-0.39, 0.29) is 18.3 Å². The Morgan fingerprint density at radius 1 is 1.06 bits per heavy atom. The van der Waals surface area contributed by atoms with Crippen LogP contribution >= 0.6 is 11.8 Å². The highest BCUT2D eigenvalue weighted by Crippen LogP contribution is 2.33. The first kappa shape index (κ1) is 20.4. The number of benzene rings is 2. The van der Waals surface area contributed by atoms with Crippen LogP contribution in [0.1, 0.15) is 5.56 Å². The predicted octanol–water partition coefficient (Wildman–Crippen LogP) is 4.88. The molecular formula is C24H20FN3O3S. The van der Waals surface area contributed by atoms with Crippen molar-refractivity contribution in [2.75, 3.05) is 18.5 Å². The molecule has 1 N–H and O–H groups in total. The maximum Gasteiger partial charge on any atom is 0.244 e. The summed E-state index contributed by atoms with van der Waals surface area (Å²) in [6.45, 7) is 1.19. The van der Waals surface area contributed by atoms with Crippen molar-refractivity contribution >= 4 is 34.3 Å². The van der Waals surface area contributed by atoms with Gasteiger partial charge in [-0.15, -0.1) is 11.8 Å². The zero-order valence-electron chi connectivity index (χ0n) is 17.1. The van der Waals surface area contributed by atoms with E-state index in [9.17, 15) is 9.18 Å². The maximum absolute atomic E-state index is 13.1. The van der Waals surface area contributed by atoms with Gasteiger partial charge in [0.15, 0.2) is 11.5 Å². The topological polar surface area (TPSA) is 65.4 Å². The van der Waals surface area contributed by atoms with Crippen LogP contribution in [0.5, 0.6) is 11.5 Å². The van der Waals surface area contributed by atoms with Crippen LogP contribution in [0.25, 0.3) is 10.9 Å². The molecule has 3 heterocycles. The number of nitrogens with one attached hydrogen (secondary N) is 1. The fraction of sp³-hybridized carbons (Fsp3) is 0.167. The second-order valence-corrected chi connectivity index (χ2v) is 8.28. The smallest absolute Gasteiger partial charge is 0.244 e. The average molecular weight is 450 g/mol. The van der Waals surface area contributed by atoms with Crippen LogP contribution in [0.15, 0.2) is 72.0 Å². The summed E-state index contributed by atoms with van der Waals surface area (Å²) in [6, 6.07) is 15.7. The molecule has 1 amide bonds. The molecule has 0 fully saturated rings. The summed E-state index contributed by atoms with van der Waals surface area (Å²) < 4.78 is 26.1. The molecular weight excluding hydrogens is 429 g/mol. The maximum atomic E-state index is 13.1. The van der Waals surface area contributed by atoms with Gasteiger partial charge >= 0.3 is 0 Å². The number of thioether (sulfide) groups is 1. The number of carbonyl (C=O) groups is 1. The van der Waals surface area contributed by atoms with Crippen molar-refractivity contribution in [1.82, 2.24) is 9.55 Å².